The van der Waals surface area contributed by atoms with Gasteiger partial charge in [-0.05, 0) is 24.7 Å². The number of halogens is 2. The number of nitrogens with one attached hydrogen (secondary N) is 1. The fourth-order valence-electron chi connectivity index (χ4n) is 1.99. The average molecular weight is 282 g/mol. The van der Waals surface area contributed by atoms with Crippen molar-refractivity contribution in [3.05, 3.63) is 41.7 Å². The molecule has 0 spiro atoms. The normalized spacial score (nSPS) is 12.7. The molecule has 1 unspecified atom stereocenters. The summed E-state index contributed by atoms with van der Waals surface area (Å²) in [5.41, 5.74) is 1.68. The summed E-state index contributed by atoms with van der Waals surface area (Å²) in [7, 11) is 3.60. The van der Waals surface area contributed by atoms with Crippen LogP contribution in [0.2, 0.25) is 0 Å². The molecule has 0 aliphatic carbocycles. The Labute approximate surface area is 115 Å². The molecule has 1 aromatic carbocycles. The van der Waals surface area contributed by atoms with E-state index in [0.29, 0.717) is 6.42 Å². The highest BCUT2D eigenvalue weighted by Crippen LogP contribution is 2.22. The second-order valence-corrected chi connectivity index (χ2v) is 4.38. The number of rotatable bonds is 6. The quantitative estimate of drug-likeness (QED) is 0.879. The maximum atomic E-state index is 12.2. The van der Waals surface area contributed by atoms with E-state index in [-0.39, 0.29) is 11.8 Å². The molecule has 108 valence electrons. The highest BCUT2D eigenvalue weighted by molar-refractivity contribution is 5.31. The molecule has 0 saturated carbocycles. The lowest BCUT2D eigenvalue weighted by Crippen LogP contribution is -2.19. The zero-order valence-electron chi connectivity index (χ0n) is 11.3. The van der Waals surface area contributed by atoms with E-state index in [4.69, 9.17) is 0 Å². The molecule has 1 atom stereocenters. The van der Waals surface area contributed by atoms with Crippen molar-refractivity contribution in [2.24, 2.45) is 7.05 Å². The minimum atomic E-state index is -2.82. The van der Waals surface area contributed by atoms with Crippen molar-refractivity contribution < 1.29 is 13.5 Å². The van der Waals surface area contributed by atoms with E-state index in [1.165, 1.54) is 6.07 Å². The van der Waals surface area contributed by atoms with Crippen LogP contribution in [0.25, 0.3) is 0 Å². The van der Waals surface area contributed by atoms with Crippen LogP contribution in [0.3, 0.4) is 0 Å². The van der Waals surface area contributed by atoms with E-state index in [1.54, 1.807) is 23.9 Å². The Kier molecular flexibility index (Phi) is 4.62. The van der Waals surface area contributed by atoms with Crippen LogP contribution in [0.1, 0.15) is 17.3 Å². The lowest BCUT2D eigenvalue weighted by molar-refractivity contribution is -0.0499. The van der Waals surface area contributed by atoms with Crippen LogP contribution < -0.4 is 10.1 Å². The van der Waals surface area contributed by atoms with Crippen LogP contribution in [0.5, 0.6) is 5.75 Å². The second-order valence-electron chi connectivity index (χ2n) is 4.38. The third kappa shape index (κ3) is 3.74. The third-order valence-corrected chi connectivity index (χ3v) is 2.90. The largest absolute Gasteiger partial charge is 0.435 e. The first-order chi connectivity index (χ1) is 9.58. The maximum absolute atomic E-state index is 12.2. The number of hydrogen-bond donors (Lipinski definition) is 1. The predicted octanol–water partition coefficient (Wildman–Crippen LogP) is 1.92. The fourth-order valence-corrected chi connectivity index (χ4v) is 1.99. The Bertz CT molecular complexity index is 559. The van der Waals surface area contributed by atoms with Crippen molar-refractivity contribution in [1.29, 1.82) is 0 Å². The topological polar surface area (TPSA) is 52.0 Å². The molecular formula is C13H16F2N4O. The SMILES string of the molecule is CNC(Cc1cn(C)nn1)c1cccc(OC(F)F)c1. The Morgan fingerprint density at radius 2 is 2.20 bits per heavy atom. The molecule has 0 saturated heterocycles. The minimum Gasteiger partial charge on any atom is -0.435 e. The third-order valence-electron chi connectivity index (χ3n) is 2.90. The van der Waals surface area contributed by atoms with Crippen molar-refractivity contribution in [2.75, 3.05) is 7.05 Å². The van der Waals surface area contributed by atoms with Crippen LogP contribution in [0.15, 0.2) is 30.5 Å². The highest BCUT2D eigenvalue weighted by Gasteiger charge is 2.14. The Hall–Kier alpha value is -2.02. The van der Waals surface area contributed by atoms with E-state index in [1.807, 2.05) is 19.3 Å². The average Bonchev–Trinajstić information content (AvgIpc) is 2.81. The van der Waals surface area contributed by atoms with Crippen molar-refractivity contribution in [3.8, 4) is 5.75 Å². The Morgan fingerprint density at radius 3 is 2.80 bits per heavy atom. The van der Waals surface area contributed by atoms with E-state index in [9.17, 15) is 8.78 Å². The summed E-state index contributed by atoms with van der Waals surface area (Å²) in [6.45, 7) is -2.82. The Morgan fingerprint density at radius 1 is 1.40 bits per heavy atom. The number of likely N-dealkylation sites (N-methyl/N-ethyl adjacent to an activating group) is 1. The summed E-state index contributed by atoms with van der Waals surface area (Å²) in [6.07, 6.45) is 2.44. The molecule has 1 N–H and O–H groups in total. The summed E-state index contributed by atoms with van der Waals surface area (Å²) >= 11 is 0. The molecule has 0 fully saturated rings. The monoisotopic (exact) mass is 282 g/mol. The lowest BCUT2D eigenvalue weighted by Gasteiger charge is -2.16. The van der Waals surface area contributed by atoms with Gasteiger partial charge in [0, 0.05) is 25.7 Å². The molecule has 2 aromatic rings. The van der Waals surface area contributed by atoms with E-state index in [2.05, 4.69) is 20.4 Å². The zero-order chi connectivity index (χ0) is 14.5. The number of alkyl halides is 2. The molecule has 0 bridgehead atoms. The van der Waals surface area contributed by atoms with Gasteiger partial charge in [-0.1, -0.05) is 17.3 Å². The molecular weight excluding hydrogens is 266 g/mol. The van der Waals surface area contributed by atoms with Gasteiger partial charge in [0.05, 0.1) is 5.69 Å². The summed E-state index contributed by atoms with van der Waals surface area (Å²) in [5.74, 6) is 0.150. The minimum absolute atomic E-state index is 0.0482. The summed E-state index contributed by atoms with van der Waals surface area (Å²) in [4.78, 5) is 0. The van der Waals surface area contributed by atoms with Gasteiger partial charge in [0.2, 0.25) is 0 Å². The summed E-state index contributed by atoms with van der Waals surface area (Å²) in [5, 5.41) is 11.0. The number of benzene rings is 1. The first-order valence-electron chi connectivity index (χ1n) is 6.15. The maximum Gasteiger partial charge on any atom is 0.387 e. The van der Waals surface area contributed by atoms with Gasteiger partial charge in [-0.25, -0.2) is 0 Å². The number of ether oxygens (including phenoxy) is 1. The van der Waals surface area contributed by atoms with Crippen molar-refractivity contribution in [1.82, 2.24) is 20.3 Å². The summed E-state index contributed by atoms with van der Waals surface area (Å²) < 4.78 is 30.5. The van der Waals surface area contributed by atoms with Crippen LogP contribution >= 0.6 is 0 Å². The fraction of sp³-hybridized carbons (Fsp3) is 0.385. The molecule has 0 aliphatic rings. The molecule has 1 heterocycles. The van der Waals surface area contributed by atoms with Gasteiger partial charge in [-0.3, -0.25) is 4.68 Å². The smallest absolute Gasteiger partial charge is 0.387 e. The lowest BCUT2D eigenvalue weighted by atomic mass is 10.0. The first-order valence-corrected chi connectivity index (χ1v) is 6.15. The molecule has 0 radical (unpaired) electrons. The number of nitrogens with zero attached hydrogens (tertiary/aromatic N) is 3. The van der Waals surface area contributed by atoms with E-state index >= 15 is 0 Å². The van der Waals surface area contributed by atoms with Gasteiger partial charge in [0.25, 0.3) is 0 Å². The highest BCUT2D eigenvalue weighted by atomic mass is 19.3. The summed E-state index contributed by atoms with van der Waals surface area (Å²) in [6, 6.07) is 6.60. The van der Waals surface area contributed by atoms with Gasteiger partial charge >= 0.3 is 6.61 Å². The number of aromatic nitrogens is 3. The van der Waals surface area contributed by atoms with Gasteiger partial charge in [0.15, 0.2) is 0 Å². The van der Waals surface area contributed by atoms with E-state index in [0.717, 1.165) is 11.3 Å². The molecule has 0 aliphatic heterocycles. The Balaban J connectivity index is 2.14. The van der Waals surface area contributed by atoms with E-state index < -0.39 is 6.61 Å². The molecule has 0 amide bonds. The molecule has 7 heteroatoms. The van der Waals surface area contributed by atoms with Crippen molar-refractivity contribution >= 4 is 0 Å². The van der Waals surface area contributed by atoms with Gasteiger partial charge in [0.1, 0.15) is 5.75 Å². The standard InChI is InChI=1S/C13H16F2N4O/c1-16-12(7-10-8-19(2)18-17-10)9-4-3-5-11(6-9)20-13(14)15/h3-6,8,12-13,16H,7H2,1-2H3. The second kappa shape index (κ2) is 6.42. The first kappa shape index (κ1) is 14.4. The van der Waals surface area contributed by atoms with Gasteiger partial charge in [-0.2, -0.15) is 8.78 Å². The number of hydrogen-bond acceptors (Lipinski definition) is 4. The number of aryl methyl sites for hydroxylation is 1. The van der Waals surface area contributed by atoms with Crippen molar-refractivity contribution in [2.45, 2.75) is 19.1 Å². The molecule has 1 aromatic heterocycles. The van der Waals surface area contributed by atoms with Crippen LogP contribution in [0, 0.1) is 0 Å². The predicted molar refractivity (Wildman–Crippen MR) is 69.6 cm³/mol. The van der Waals surface area contributed by atoms with Crippen LogP contribution in [-0.4, -0.2) is 28.7 Å². The van der Waals surface area contributed by atoms with Gasteiger partial charge in [-0.15, -0.1) is 5.10 Å². The zero-order valence-corrected chi connectivity index (χ0v) is 11.3. The van der Waals surface area contributed by atoms with Crippen molar-refractivity contribution in [3.63, 3.8) is 0 Å². The van der Waals surface area contributed by atoms with Crippen LogP contribution in [0.4, 0.5) is 8.78 Å². The molecule has 2 rings (SSSR count). The molecule has 5 nitrogen and oxygen atoms in total. The van der Waals surface area contributed by atoms with Crippen LogP contribution in [-0.2, 0) is 13.5 Å². The molecule has 20 heavy (non-hydrogen) atoms. The van der Waals surface area contributed by atoms with Gasteiger partial charge < -0.3 is 10.1 Å².